The largest absolute Gasteiger partial charge is 0.496 e. The molecule has 7 nitrogen and oxygen atoms in total. The zero-order valence-electron chi connectivity index (χ0n) is 18.7. The molecule has 3 aromatic carbocycles. The van der Waals surface area contributed by atoms with E-state index in [0.29, 0.717) is 29.3 Å². The Morgan fingerprint density at radius 2 is 1.73 bits per heavy atom. The number of carbonyl (C=O) groups is 1. The number of hydrogen-bond acceptors (Lipinski definition) is 5. The summed E-state index contributed by atoms with van der Waals surface area (Å²) in [5, 5.41) is 3.00. The Labute approximate surface area is 192 Å². The third-order valence-corrected chi connectivity index (χ3v) is 6.02. The van der Waals surface area contributed by atoms with Gasteiger partial charge in [0.05, 0.1) is 43.0 Å². The lowest BCUT2D eigenvalue weighted by molar-refractivity contribution is 0.102. The number of para-hydroxylation sites is 3. The van der Waals surface area contributed by atoms with Gasteiger partial charge in [-0.25, -0.2) is 4.98 Å². The number of imidazole rings is 1. The molecule has 1 aromatic heterocycles. The number of hydrogen-bond donors (Lipinski definition) is 1. The van der Waals surface area contributed by atoms with Crippen molar-refractivity contribution in [3.05, 3.63) is 78.1 Å². The molecule has 1 aliphatic heterocycles. The second-order valence-corrected chi connectivity index (χ2v) is 7.98. The summed E-state index contributed by atoms with van der Waals surface area (Å²) < 4.78 is 13.2. The number of nitrogens with zero attached hydrogens (tertiary/aromatic N) is 3. The Kier molecular flexibility index (Phi) is 5.60. The lowest BCUT2D eigenvalue weighted by Gasteiger charge is -2.23. The van der Waals surface area contributed by atoms with Crippen molar-refractivity contribution < 1.29 is 14.3 Å². The van der Waals surface area contributed by atoms with Crippen molar-refractivity contribution in [1.29, 1.82) is 0 Å². The van der Waals surface area contributed by atoms with Gasteiger partial charge in [-0.2, -0.15) is 0 Å². The highest BCUT2D eigenvalue weighted by Gasteiger charge is 2.20. The summed E-state index contributed by atoms with van der Waals surface area (Å²) in [7, 11) is 3.15. The molecule has 4 aromatic rings. The number of nitrogens with one attached hydrogen (secondary N) is 1. The Bertz CT molecular complexity index is 1310. The predicted octanol–water partition coefficient (Wildman–Crippen LogP) is 4.72. The molecule has 1 N–H and O–H groups in total. The number of anilines is 2. The van der Waals surface area contributed by atoms with Crippen LogP contribution in [0, 0.1) is 0 Å². The smallest absolute Gasteiger partial charge is 0.259 e. The fourth-order valence-electron chi connectivity index (χ4n) is 4.40. The monoisotopic (exact) mass is 442 g/mol. The number of rotatable bonds is 5. The molecular formula is C26H26N4O3. The van der Waals surface area contributed by atoms with Gasteiger partial charge in [0.2, 0.25) is 0 Å². The van der Waals surface area contributed by atoms with E-state index in [2.05, 4.69) is 33.0 Å². The first kappa shape index (κ1) is 20.9. The first-order chi connectivity index (χ1) is 16.2. The minimum Gasteiger partial charge on any atom is -0.496 e. The van der Waals surface area contributed by atoms with E-state index in [1.54, 1.807) is 26.4 Å². The van der Waals surface area contributed by atoms with Crippen LogP contribution in [0.15, 0.2) is 66.7 Å². The van der Waals surface area contributed by atoms with Crippen LogP contribution in [0.4, 0.5) is 11.4 Å². The number of methoxy groups -OCH3 is 2. The van der Waals surface area contributed by atoms with Crippen LogP contribution in [0.1, 0.15) is 22.6 Å². The van der Waals surface area contributed by atoms with Gasteiger partial charge >= 0.3 is 0 Å². The lowest BCUT2D eigenvalue weighted by Crippen LogP contribution is -2.23. The summed E-state index contributed by atoms with van der Waals surface area (Å²) in [6.07, 6.45) is 1.00. The molecule has 1 amide bonds. The topological polar surface area (TPSA) is 68.6 Å². The number of ether oxygens (including phenoxy) is 2. The van der Waals surface area contributed by atoms with E-state index >= 15 is 0 Å². The predicted molar refractivity (Wildman–Crippen MR) is 129 cm³/mol. The highest BCUT2D eigenvalue weighted by Crippen LogP contribution is 2.32. The van der Waals surface area contributed by atoms with E-state index < -0.39 is 0 Å². The molecule has 168 valence electrons. The lowest BCUT2D eigenvalue weighted by atomic mass is 10.1. The van der Waals surface area contributed by atoms with Gasteiger partial charge in [-0.1, -0.05) is 24.3 Å². The average Bonchev–Trinajstić information content (AvgIpc) is 3.06. The van der Waals surface area contributed by atoms with Gasteiger partial charge < -0.3 is 24.3 Å². The highest BCUT2D eigenvalue weighted by atomic mass is 16.5. The molecule has 0 fully saturated rings. The molecule has 0 saturated heterocycles. The third-order valence-electron chi connectivity index (χ3n) is 6.02. The summed E-state index contributed by atoms with van der Waals surface area (Å²) >= 11 is 0. The molecule has 0 unspecified atom stereocenters. The summed E-state index contributed by atoms with van der Waals surface area (Å²) in [6, 6.07) is 21.3. The van der Waals surface area contributed by atoms with Crippen LogP contribution in [0.25, 0.3) is 11.0 Å². The molecular weight excluding hydrogens is 416 g/mol. The summed E-state index contributed by atoms with van der Waals surface area (Å²) in [5.74, 6) is 1.92. The van der Waals surface area contributed by atoms with Crippen molar-refractivity contribution in [2.75, 3.05) is 31.0 Å². The third kappa shape index (κ3) is 3.98. The SMILES string of the molecule is COc1ccc(N2CCCn3c(nc4ccccc43)C2)cc1NC(=O)c1ccccc1OC. The molecule has 0 spiro atoms. The number of aromatic nitrogens is 2. The van der Waals surface area contributed by atoms with Gasteiger partial charge in [0, 0.05) is 18.8 Å². The number of amides is 1. The van der Waals surface area contributed by atoms with Crippen LogP contribution in [-0.4, -0.2) is 36.2 Å². The molecule has 7 heteroatoms. The average molecular weight is 443 g/mol. The minimum absolute atomic E-state index is 0.249. The van der Waals surface area contributed by atoms with Crippen molar-refractivity contribution in [3.63, 3.8) is 0 Å². The van der Waals surface area contributed by atoms with Crippen molar-refractivity contribution in [2.45, 2.75) is 19.5 Å². The quantitative estimate of drug-likeness (QED) is 0.485. The zero-order chi connectivity index (χ0) is 22.8. The van der Waals surface area contributed by atoms with Gasteiger partial charge in [0.1, 0.15) is 17.3 Å². The number of carbonyl (C=O) groups excluding carboxylic acids is 1. The van der Waals surface area contributed by atoms with Gasteiger partial charge in [0.15, 0.2) is 0 Å². The minimum atomic E-state index is -0.249. The summed E-state index contributed by atoms with van der Waals surface area (Å²) in [4.78, 5) is 20.2. The fraction of sp³-hybridized carbons (Fsp3) is 0.231. The fourth-order valence-corrected chi connectivity index (χ4v) is 4.40. The molecule has 0 atom stereocenters. The van der Waals surface area contributed by atoms with E-state index in [0.717, 1.165) is 36.5 Å². The van der Waals surface area contributed by atoms with E-state index in [4.69, 9.17) is 14.5 Å². The second kappa shape index (κ2) is 8.86. The normalized spacial score (nSPS) is 13.3. The maximum atomic E-state index is 13.0. The van der Waals surface area contributed by atoms with Crippen molar-refractivity contribution in [1.82, 2.24) is 9.55 Å². The molecule has 33 heavy (non-hydrogen) atoms. The van der Waals surface area contributed by atoms with Gasteiger partial charge in [-0.15, -0.1) is 0 Å². The van der Waals surface area contributed by atoms with E-state index in [1.807, 2.05) is 36.4 Å². The van der Waals surface area contributed by atoms with E-state index in [-0.39, 0.29) is 5.91 Å². The Hall–Kier alpha value is -4.00. The van der Waals surface area contributed by atoms with Gasteiger partial charge in [-0.3, -0.25) is 4.79 Å². The van der Waals surface area contributed by atoms with Gasteiger partial charge in [-0.05, 0) is 48.9 Å². The number of aryl methyl sites for hydroxylation is 1. The van der Waals surface area contributed by atoms with E-state index in [1.165, 1.54) is 5.52 Å². The second-order valence-electron chi connectivity index (χ2n) is 7.98. The molecule has 0 saturated carbocycles. The standard InChI is InChI=1S/C26H26N4O3/c1-32-23-11-6-3-8-19(23)26(31)28-21-16-18(12-13-24(21)33-2)29-14-7-15-30-22-10-5-4-9-20(22)27-25(30)17-29/h3-6,8-13,16H,7,14-15,17H2,1-2H3,(H,28,31). The molecule has 1 aliphatic rings. The molecule has 5 rings (SSSR count). The molecule has 0 aliphatic carbocycles. The molecule has 2 heterocycles. The van der Waals surface area contributed by atoms with Crippen molar-refractivity contribution in [3.8, 4) is 11.5 Å². The Morgan fingerprint density at radius 3 is 2.58 bits per heavy atom. The molecule has 0 radical (unpaired) electrons. The van der Waals surface area contributed by atoms with Crippen LogP contribution in [0.5, 0.6) is 11.5 Å². The van der Waals surface area contributed by atoms with Crippen LogP contribution < -0.4 is 19.7 Å². The van der Waals surface area contributed by atoms with Gasteiger partial charge in [0.25, 0.3) is 5.91 Å². The number of fused-ring (bicyclic) bond motifs is 3. The van der Waals surface area contributed by atoms with E-state index in [9.17, 15) is 4.79 Å². The van der Waals surface area contributed by atoms with Crippen LogP contribution in [0.3, 0.4) is 0 Å². The number of benzene rings is 3. The van der Waals surface area contributed by atoms with Crippen molar-refractivity contribution >= 4 is 28.3 Å². The first-order valence-corrected chi connectivity index (χ1v) is 11.0. The summed E-state index contributed by atoms with van der Waals surface area (Å²) in [5.41, 5.74) is 4.29. The van der Waals surface area contributed by atoms with Crippen LogP contribution in [0.2, 0.25) is 0 Å². The van der Waals surface area contributed by atoms with Crippen LogP contribution in [-0.2, 0) is 13.1 Å². The van der Waals surface area contributed by atoms with Crippen LogP contribution >= 0.6 is 0 Å². The first-order valence-electron chi connectivity index (χ1n) is 11.0. The zero-order valence-corrected chi connectivity index (χ0v) is 18.7. The summed E-state index contributed by atoms with van der Waals surface area (Å²) in [6.45, 7) is 2.52. The molecule has 0 bridgehead atoms. The maximum absolute atomic E-state index is 13.0. The highest BCUT2D eigenvalue weighted by molar-refractivity contribution is 6.07. The maximum Gasteiger partial charge on any atom is 0.259 e. The Morgan fingerprint density at radius 1 is 0.939 bits per heavy atom. The van der Waals surface area contributed by atoms with Crippen molar-refractivity contribution in [2.24, 2.45) is 0 Å². The Balaban J connectivity index is 1.44.